The molecular formula is C56H36N4O. The number of rotatable bonds is 8. The van der Waals surface area contributed by atoms with Gasteiger partial charge < -0.3 is 4.42 Å². The molecule has 8 aromatic carbocycles. The van der Waals surface area contributed by atoms with Gasteiger partial charge in [-0.15, -0.1) is 0 Å². The third-order valence-electron chi connectivity index (χ3n) is 11.1. The summed E-state index contributed by atoms with van der Waals surface area (Å²) in [5.74, 6) is 2.49. The van der Waals surface area contributed by atoms with Gasteiger partial charge in [0.15, 0.2) is 23.1 Å². The van der Waals surface area contributed by atoms with Gasteiger partial charge in [0.05, 0.1) is 5.52 Å². The van der Waals surface area contributed by atoms with E-state index in [0.29, 0.717) is 17.5 Å². The van der Waals surface area contributed by atoms with Crippen LogP contribution in [0.5, 0.6) is 0 Å². The van der Waals surface area contributed by atoms with Crippen LogP contribution in [-0.2, 0) is 0 Å². The lowest BCUT2D eigenvalue weighted by molar-refractivity contribution is 0.632. The van der Waals surface area contributed by atoms with E-state index in [4.69, 9.17) is 24.4 Å². The van der Waals surface area contributed by atoms with Gasteiger partial charge in [-0.3, -0.25) is 0 Å². The van der Waals surface area contributed by atoms with E-state index in [1.807, 2.05) is 42.5 Å². The maximum atomic E-state index is 7.11. The molecule has 286 valence electrons. The van der Waals surface area contributed by atoms with Gasteiger partial charge in [-0.05, 0) is 52.1 Å². The standard InChI is InChI=1S/C56H36N4O/c1-5-18-37(19-6-1)41-26-15-29-44(34-41)54-58-55(45-30-16-27-42(35-45)38-20-7-2-8-21-38)60-56(59-54)46-31-17-28-43(36-46)52-49(39-22-9-3-10-23-39)50-47-32-13-14-33-48(47)57-51(53(50)61-52)40-24-11-4-12-25-40/h1-36H. The Bertz CT molecular complexity index is 3240. The summed E-state index contributed by atoms with van der Waals surface area (Å²) in [5.41, 5.74) is 13.5. The molecule has 0 radical (unpaired) electrons. The van der Waals surface area contributed by atoms with Crippen LogP contribution in [0.1, 0.15) is 0 Å². The highest BCUT2D eigenvalue weighted by molar-refractivity contribution is 6.18. The Morgan fingerprint density at radius 3 is 1.21 bits per heavy atom. The zero-order valence-corrected chi connectivity index (χ0v) is 33.0. The van der Waals surface area contributed by atoms with E-state index in [0.717, 1.165) is 94.5 Å². The molecule has 11 aromatic rings. The average molecular weight is 781 g/mol. The molecule has 0 aliphatic carbocycles. The average Bonchev–Trinajstić information content (AvgIpc) is 3.76. The Hall–Kier alpha value is -8.28. The first-order valence-electron chi connectivity index (χ1n) is 20.4. The quantitative estimate of drug-likeness (QED) is 0.154. The van der Waals surface area contributed by atoms with E-state index >= 15 is 0 Å². The van der Waals surface area contributed by atoms with Crippen molar-refractivity contribution in [2.45, 2.75) is 0 Å². The maximum absolute atomic E-state index is 7.11. The van der Waals surface area contributed by atoms with Crippen molar-refractivity contribution < 1.29 is 4.42 Å². The Labute approximate surface area is 353 Å². The van der Waals surface area contributed by atoms with Gasteiger partial charge in [0.25, 0.3) is 0 Å². The summed E-state index contributed by atoms with van der Waals surface area (Å²) in [4.78, 5) is 20.7. The maximum Gasteiger partial charge on any atom is 0.164 e. The van der Waals surface area contributed by atoms with E-state index in [2.05, 4.69) is 176 Å². The first-order valence-corrected chi connectivity index (χ1v) is 20.4. The zero-order valence-electron chi connectivity index (χ0n) is 33.0. The molecule has 5 nitrogen and oxygen atoms in total. The third-order valence-corrected chi connectivity index (χ3v) is 11.1. The topological polar surface area (TPSA) is 64.7 Å². The number of furan rings is 1. The minimum Gasteiger partial charge on any atom is -0.453 e. The highest BCUT2D eigenvalue weighted by Crippen LogP contribution is 2.47. The number of hydrogen-bond acceptors (Lipinski definition) is 5. The number of pyridine rings is 1. The lowest BCUT2D eigenvalue weighted by Gasteiger charge is -2.11. The highest BCUT2D eigenvalue weighted by atomic mass is 16.3. The van der Waals surface area contributed by atoms with Gasteiger partial charge in [-0.2, -0.15) is 0 Å². The molecule has 0 atom stereocenters. The predicted molar refractivity (Wildman–Crippen MR) is 248 cm³/mol. The van der Waals surface area contributed by atoms with Crippen molar-refractivity contribution in [3.8, 4) is 90.1 Å². The second-order valence-electron chi connectivity index (χ2n) is 15.0. The van der Waals surface area contributed by atoms with Crippen LogP contribution in [0.3, 0.4) is 0 Å². The molecule has 0 spiro atoms. The molecule has 0 saturated carbocycles. The molecule has 61 heavy (non-hydrogen) atoms. The van der Waals surface area contributed by atoms with Crippen molar-refractivity contribution in [1.82, 2.24) is 19.9 Å². The van der Waals surface area contributed by atoms with Crippen LogP contribution in [0.4, 0.5) is 0 Å². The summed E-state index contributed by atoms with van der Waals surface area (Å²) >= 11 is 0. The summed E-state index contributed by atoms with van der Waals surface area (Å²) in [6.07, 6.45) is 0. The first-order chi connectivity index (χ1) is 30.2. The van der Waals surface area contributed by atoms with Crippen molar-refractivity contribution in [2.75, 3.05) is 0 Å². The minimum absolute atomic E-state index is 0.562. The monoisotopic (exact) mass is 780 g/mol. The van der Waals surface area contributed by atoms with E-state index in [9.17, 15) is 0 Å². The molecule has 0 unspecified atom stereocenters. The Kier molecular flexibility index (Phi) is 9.10. The third kappa shape index (κ3) is 6.84. The SMILES string of the molecule is c1ccc(-c2cccc(-c3nc(-c4cccc(-c5ccccc5)c4)nc(-c4cccc(-c5oc6c(-c7ccccc7)nc7ccccc7c6c5-c5ccccc5)c4)n3)c2)cc1. The van der Waals surface area contributed by atoms with Gasteiger partial charge >= 0.3 is 0 Å². The lowest BCUT2D eigenvalue weighted by atomic mass is 9.95. The summed E-state index contributed by atoms with van der Waals surface area (Å²) in [6, 6.07) is 75.0. The van der Waals surface area contributed by atoms with Gasteiger partial charge in [0.2, 0.25) is 0 Å². The predicted octanol–water partition coefficient (Wildman–Crippen LogP) is 14.5. The van der Waals surface area contributed by atoms with Crippen molar-refractivity contribution in [2.24, 2.45) is 0 Å². The fraction of sp³-hybridized carbons (Fsp3) is 0. The van der Waals surface area contributed by atoms with Crippen LogP contribution in [0, 0.1) is 0 Å². The van der Waals surface area contributed by atoms with E-state index < -0.39 is 0 Å². The van der Waals surface area contributed by atoms with Crippen LogP contribution in [-0.4, -0.2) is 19.9 Å². The number of fused-ring (bicyclic) bond motifs is 3. The Morgan fingerprint density at radius 2 is 0.689 bits per heavy atom. The molecule has 0 N–H and O–H groups in total. The second-order valence-corrected chi connectivity index (χ2v) is 15.0. The Morgan fingerprint density at radius 1 is 0.295 bits per heavy atom. The van der Waals surface area contributed by atoms with Crippen molar-refractivity contribution in [1.29, 1.82) is 0 Å². The molecule has 0 saturated heterocycles. The Balaban J connectivity index is 1.12. The van der Waals surface area contributed by atoms with Crippen LogP contribution in [0.25, 0.3) is 112 Å². The molecule has 0 fully saturated rings. The molecule has 0 aliphatic heterocycles. The van der Waals surface area contributed by atoms with Gasteiger partial charge in [0.1, 0.15) is 11.5 Å². The van der Waals surface area contributed by atoms with Crippen LogP contribution >= 0.6 is 0 Å². The summed E-state index contributed by atoms with van der Waals surface area (Å²) in [5, 5.41) is 2.06. The summed E-state index contributed by atoms with van der Waals surface area (Å²) < 4.78 is 7.11. The van der Waals surface area contributed by atoms with Crippen molar-refractivity contribution in [3.63, 3.8) is 0 Å². The summed E-state index contributed by atoms with van der Waals surface area (Å²) in [7, 11) is 0. The van der Waals surface area contributed by atoms with Gasteiger partial charge in [0, 0.05) is 44.2 Å². The van der Waals surface area contributed by atoms with Crippen LogP contribution in [0.15, 0.2) is 223 Å². The number of aromatic nitrogens is 4. The number of nitrogens with zero attached hydrogens (tertiary/aromatic N) is 4. The minimum atomic E-state index is 0.562. The smallest absolute Gasteiger partial charge is 0.164 e. The zero-order chi connectivity index (χ0) is 40.5. The normalized spacial score (nSPS) is 11.3. The molecule has 0 aliphatic rings. The molecule has 0 bridgehead atoms. The largest absolute Gasteiger partial charge is 0.453 e. The van der Waals surface area contributed by atoms with Gasteiger partial charge in [-0.1, -0.05) is 194 Å². The van der Waals surface area contributed by atoms with Gasteiger partial charge in [-0.25, -0.2) is 19.9 Å². The molecular weight excluding hydrogens is 745 g/mol. The fourth-order valence-electron chi connectivity index (χ4n) is 8.18. The number of para-hydroxylation sites is 1. The molecule has 11 rings (SSSR count). The number of benzene rings is 8. The second kappa shape index (κ2) is 15.5. The molecule has 5 heteroatoms. The van der Waals surface area contributed by atoms with E-state index in [-0.39, 0.29) is 0 Å². The molecule has 3 heterocycles. The molecule has 3 aromatic heterocycles. The van der Waals surface area contributed by atoms with Crippen molar-refractivity contribution >= 4 is 21.9 Å². The first kappa shape index (κ1) is 35.8. The number of hydrogen-bond donors (Lipinski definition) is 0. The van der Waals surface area contributed by atoms with E-state index in [1.54, 1.807) is 0 Å². The highest BCUT2D eigenvalue weighted by Gasteiger charge is 2.24. The molecule has 0 amide bonds. The lowest BCUT2D eigenvalue weighted by Crippen LogP contribution is -2.00. The van der Waals surface area contributed by atoms with Crippen LogP contribution < -0.4 is 0 Å². The summed E-state index contributed by atoms with van der Waals surface area (Å²) in [6.45, 7) is 0. The van der Waals surface area contributed by atoms with E-state index in [1.165, 1.54) is 0 Å². The fourth-order valence-corrected chi connectivity index (χ4v) is 8.18. The van der Waals surface area contributed by atoms with Crippen LogP contribution in [0.2, 0.25) is 0 Å². The van der Waals surface area contributed by atoms with Crippen molar-refractivity contribution in [3.05, 3.63) is 218 Å².